The highest BCUT2D eigenvalue weighted by Gasteiger charge is 2.53. The number of hydrogen-bond donors (Lipinski definition) is 0. The molecule has 0 unspecified atom stereocenters. The Morgan fingerprint density at radius 2 is 1.95 bits per heavy atom. The van der Waals surface area contributed by atoms with E-state index >= 15 is 0 Å². The van der Waals surface area contributed by atoms with E-state index in [4.69, 9.17) is 9.47 Å². The fraction of sp³-hybridized carbons (Fsp3) is 0.824. The van der Waals surface area contributed by atoms with Crippen LogP contribution in [-0.2, 0) is 14.3 Å². The molecule has 0 amide bonds. The average Bonchev–Trinajstić information content (AvgIpc) is 2.86. The van der Waals surface area contributed by atoms with E-state index in [2.05, 4.69) is 32.9 Å². The van der Waals surface area contributed by atoms with E-state index < -0.39 is 0 Å². The van der Waals surface area contributed by atoms with Crippen LogP contribution in [0, 0.1) is 22.7 Å². The number of hydrogen-bond acceptors (Lipinski definition) is 3. The van der Waals surface area contributed by atoms with Crippen LogP contribution in [0.3, 0.4) is 0 Å². The first-order valence-corrected chi connectivity index (χ1v) is 7.87. The highest BCUT2D eigenvalue weighted by Crippen LogP contribution is 2.57. The second-order valence-corrected chi connectivity index (χ2v) is 7.45. The third kappa shape index (κ3) is 2.25. The number of ketones is 1. The molecular weight excluding hydrogens is 252 g/mol. The molecule has 0 spiro atoms. The van der Waals surface area contributed by atoms with Crippen molar-refractivity contribution < 1.29 is 14.3 Å². The van der Waals surface area contributed by atoms with Crippen LogP contribution in [-0.4, -0.2) is 25.3 Å². The number of fused-ring (bicyclic) bond motifs is 1. The second-order valence-electron chi connectivity index (χ2n) is 7.45. The van der Waals surface area contributed by atoms with E-state index in [1.54, 1.807) is 0 Å². The van der Waals surface area contributed by atoms with Crippen molar-refractivity contribution in [3.63, 3.8) is 0 Å². The summed E-state index contributed by atoms with van der Waals surface area (Å²) >= 11 is 0. The lowest BCUT2D eigenvalue weighted by Crippen LogP contribution is -2.51. The normalized spacial score (nSPS) is 40.9. The molecule has 3 heteroatoms. The summed E-state index contributed by atoms with van der Waals surface area (Å²) in [7, 11) is 0. The lowest BCUT2D eigenvalue weighted by atomic mass is 9.49. The molecule has 3 atom stereocenters. The second kappa shape index (κ2) is 4.96. The lowest BCUT2D eigenvalue weighted by molar-refractivity contribution is -0.146. The van der Waals surface area contributed by atoms with Crippen molar-refractivity contribution in [3.8, 4) is 0 Å². The van der Waals surface area contributed by atoms with Gasteiger partial charge in [-0.2, -0.15) is 0 Å². The van der Waals surface area contributed by atoms with Crippen molar-refractivity contribution in [2.24, 2.45) is 22.7 Å². The van der Waals surface area contributed by atoms with Crippen LogP contribution in [0.15, 0.2) is 12.2 Å². The van der Waals surface area contributed by atoms with E-state index in [1.165, 1.54) is 0 Å². The Hall–Kier alpha value is -0.670. The van der Waals surface area contributed by atoms with Crippen LogP contribution in [0.25, 0.3) is 0 Å². The van der Waals surface area contributed by atoms with E-state index in [1.807, 2.05) is 0 Å². The molecule has 2 fully saturated rings. The Labute approximate surface area is 121 Å². The van der Waals surface area contributed by atoms with Crippen molar-refractivity contribution in [1.29, 1.82) is 0 Å². The van der Waals surface area contributed by atoms with Gasteiger partial charge in [0.1, 0.15) is 5.78 Å². The summed E-state index contributed by atoms with van der Waals surface area (Å²) in [5, 5.41) is 0. The van der Waals surface area contributed by atoms with Crippen molar-refractivity contribution in [2.75, 3.05) is 13.2 Å². The molecule has 3 nitrogen and oxygen atoms in total. The maximum absolute atomic E-state index is 12.5. The largest absolute Gasteiger partial charge is 0.350 e. The Kier molecular flexibility index (Phi) is 3.54. The summed E-state index contributed by atoms with van der Waals surface area (Å²) in [5.41, 5.74) is 0.242. The highest BCUT2D eigenvalue weighted by molar-refractivity contribution is 5.83. The number of Topliss-reactive ketones (excluding diaryl/α,β-unsaturated/α-hetero) is 1. The molecule has 1 saturated carbocycles. The molecule has 3 rings (SSSR count). The van der Waals surface area contributed by atoms with E-state index in [9.17, 15) is 4.79 Å². The van der Waals surface area contributed by atoms with E-state index in [0.29, 0.717) is 24.9 Å². The monoisotopic (exact) mass is 278 g/mol. The molecule has 3 aliphatic rings. The van der Waals surface area contributed by atoms with Gasteiger partial charge in [-0.3, -0.25) is 4.79 Å². The quantitative estimate of drug-likeness (QED) is 0.727. The van der Waals surface area contributed by atoms with Gasteiger partial charge in [-0.25, -0.2) is 0 Å². The van der Waals surface area contributed by atoms with Crippen molar-refractivity contribution in [3.05, 3.63) is 12.2 Å². The molecule has 0 N–H and O–H groups in total. The molecule has 2 aliphatic carbocycles. The van der Waals surface area contributed by atoms with Gasteiger partial charge in [0.15, 0.2) is 6.29 Å². The first-order valence-electron chi connectivity index (χ1n) is 7.87. The summed E-state index contributed by atoms with van der Waals surface area (Å²) in [5.74, 6) is 1.06. The number of carbonyl (C=O) groups excluding carboxylic acids is 1. The van der Waals surface area contributed by atoms with E-state index in [0.717, 1.165) is 25.7 Å². The molecule has 0 aromatic heterocycles. The van der Waals surface area contributed by atoms with Gasteiger partial charge < -0.3 is 9.47 Å². The van der Waals surface area contributed by atoms with Gasteiger partial charge in [0.2, 0.25) is 0 Å². The molecule has 0 aromatic carbocycles. The maximum Gasteiger partial charge on any atom is 0.158 e. The zero-order valence-electron chi connectivity index (χ0n) is 12.9. The Balaban J connectivity index is 1.86. The van der Waals surface area contributed by atoms with Crippen molar-refractivity contribution in [2.45, 2.75) is 52.7 Å². The minimum atomic E-state index is -0.173. The summed E-state index contributed by atoms with van der Waals surface area (Å²) in [6, 6.07) is 0. The summed E-state index contributed by atoms with van der Waals surface area (Å²) < 4.78 is 11.2. The van der Waals surface area contributed by atoms with Gasteiger partial charge in [0.05, 0.1) is 13.2 Å². The summed E-state index contributed by atoms with van der Waals surface area (Å²) in [6.45, 7) is 8.25. The fourth-order valence-corrected chi connectivity index (χ4v) is 4.78. The summed E-state index contributed by atoms with van der Waals surface area (Å²) in [6.07, 6.45) is 7.92. The average molecular weight is 278 g/mol. The van der Waals surface area contributed by atoms with Gasteiger partial charge in [-0.1, -0.05) is 32.9 Å². The third-order valence-corrected chi connectivity index (χ3v) is 5.78. The first-order chi connectivity index (χ1) is 9.43. The van der Waals surface area contributed by atoms with Crippen LogP contribution >= 0.6 is 0 Å². The van der Waals surface area contributed by atoms with Crippen molar-refractivity contribution >= 4 is 5.78 Å². The minimum absolute atomic E-state index is 0.0584. The zero-order valence-corrected chi connectivity index (χ0v) is 12.9. The number of ether oxygens (including phenoxy) is 2. The Morgan fingerprint density at radius 3 is 2.65 bits per heavy atom. The van der Waals surface area contributed by atoms with Gasteiger partial charge in [-0.15, -0.1) is 0 Å². The van der Waals surface area contributed by atoms with Gasteiger partial charge in [0.25, 0.3) is 0 Å². The third-order valence-electron chi connectivity index (χ3n) is 5.78. The first kappa shape index (κ1) is 14.3. The molecule has 0 aromatic rings. The Bertz CT molecular complexity index is 420. The molecule has 112 valence electrons. The van der Waals surface area contributed by atoms with Gasteiger partial charge >= 0.3 is 0 Å². The van der Waals surface area contributed by atoms with Crippen LogP contribution in [0.5, 0.6) is 0 Å². The molecular formula is C17H26O3. The number of rotatable bonds is 2. The van der Waals surface area contributed by atoms with Crippen LogP contribution in [0.4, 0.5) is 0 Å². The SMILES string of the molecule is CC1(C)C=CC[C@]2(C)[C@@H](CC3OCCO3)C(=O)CC[C@@H]12. The maximum atomic E-state index is 12.5. The zero-order chi connectivity index (χ0) is 14.4. The predicted octanol–water partition coefficient (Wildman–Crippen LogP) is 3.34. The van der Waals surface area contributed by atoms with Crippen LogP contribution in [0.2, 0.25) is 0 Å². The van der Waals surface area contributed by atoms with Crippen molar-refractivity contribution in [1.82, 2.24) is 0 Å². The van der Waals surface area contributed by atoms with Crippen LogP contribution < -0.4 is 0 Å². The predicted molar refractivity (Wildman–Crippen MR) is 77.2 cm³/mol. The molecule has 1 aliphatic heterocycles. The lowest BCUT2D eigenvalue weighted by Gasteiger charge is -2.54. The molecule has 1 heterocycles. The number of allylic oxidation sites excluding steroid dienone is 2. The van der Waals surface area contributed by atoms with Gasteiger partial charge in [-0.05, 0) is 29.6 Å². The smallest absolute Gasteiger partial charge is 0.158 e. The van der Waals surface area contributed by atoms with Crippen LogP contribution in [0.1, 0.15) is 46.5 Å². The standard InChI is InChI=1S/C17H26O3/c1-16(2)7-4-8-17(3)12(11-15-19-9-10-20-15)13(18)5-6-14(16)17/h4,7,12,14-15H,5-6,8-11H2,1-3H3/t12-,14-,17+/m0/s1. The minimum Gasteiger partial charge on any atom is -0.350 e. The van der Waals surface area contributed by atoms with E-state index in [-0.39, 0.29) is 23.0 Å². The molecule has 0 radical (unpaired) electrons. The molecule has 0 bridgehead atoms. The molecule has 1 saturated heterocycles. The highest BCUT2D eigenvalue weighted by atomic mass is 16.7. The Morgan fingerprint density at radius 1 is 1.25 bits per heavy atom. The van der Waals surface area contributed by atoms with Gasteiger partial charge in [0, 0.05) is 18.8 Å². The fourth-order valence-electron chi connectivity index (χ4n) is 4.78. The number of carbonyl (C=O) groups is 1. The topological polar surface area (TPSA) is 35.5 Å². The summed E-state index contributed by atoms with van der Waals surface area (Å²) in [4.78, 5) is 12.5. The molecule has 20 heavy (non-hydrogen) atoms.